The van der Waals surface area contributed by atoms with Crippen molar-refractivity contribution < 1.29 is 0 Å². The number of aryl methyl sites for hydroxylation is 1. The van der Waals surface area contributed by atoms with Gasteiger partial charge in [-0.3, -0.25) is 0 Å². The number of nitrogens with zero attached hydrogens (tertiary/aromatic N) is 2. The van der Waals surface area contributed by atoms with E-state index in [1.807, 2.05) is 24.6 Å². The molecule has 0 amide bonds. The predicted octanol–water partition coefficient (Wildman–Crippen LogP) is 2.78. The standard InChI is InChI=1S/C12H16N4S/c1-8-6-10(15-7-9(8)13)16-12(2,3)11-14-4-5-17-11/h4-7H,13H2,1-3H3,(H,15,16). The van der Waals surface area contributed by atoms with Crippen LogP contribution in [0.3, 0.4) is 0 Å². The fourth-order valence-corrected chi connectivity index (χ4v) is 2.26. The molecule has 0 saturated heterocycles. The van der Waals surface area contributed by atoms with E-state index in [0.29, 0.717) is 5.69 Å². The predicted molar refractivity (Wildman–Crippen MR) is 72.1 cm³/mol. The van der Waals surface area contributed by atoms with Gasteiger partial charge >= 0.3 is 0 Å². The molecule has 0 aliphatic rings. The molecule has 4 nitrogen and oxygen atoms in total. The molecule has 0 fully saturated rings. The summed E-state index contributed by atoms with van der Waals surface area (Å²) in [4.78, 5) is 8.60. The van der Waals surface area contributed by atoms with Gasteiger partial charge in [0.2, 0.25) is 0 Å². The van der Waals surface area contributed by atoms with Gasteiger partial charge in [0.25, 0.3) is 0 Å². The molecule has 2 aromatic rings. The third-order valence-corrected chi connectivity index (χ3v) is 3.66. The smallest absolute Gasteiger partial charge is 0.127 e. The highest BCUT2D eigenvalue weighted by Gasteiger charge is 2.23. The first-order valence-corrected chi connectivity index (χ1v) is 6.27. The third-order valence-electron chi connectivity index (χ3n) is 2.56. The first-order valence-electron chi connectivity index (χ1n) is 5.39. The molecule has 0 aliphatic carbocycles. The summed E-state index contributed by atoms with van der Waals surface area (Å²) in [5.41, 5.74) is 7.25. The number of nitrogens with two attached hydrogens (primary N) is 1. The number of aromatic nitrogens is 2. The normalized spacial score (nSPS) is 11.5. The first-order chi connectivity index (χ1) is 7.99. The molecule has 2 aromatic heterocycles. The molecule has 0 bridgehead atoms. The lowest BCUT2D eigenvalue weighted by molar-refractivity contribution is 0.601. The Morgan fingerprint density at radius 1 is 1.35 bits per heavy atom. The van der Waals surface area contributed by atoms with Crippen LogP contribution >= 0.6 is 11.3 Å². The number of nitrogens with one attached hydrogen (secondary N) is 1. The molecule has 0 saturated carbocycles. The molecule has 2 rings (SSSR count). The largest absolute Gasteiger partial charge is 0.397 e. The number of thiazole rings is 1. The van der Waals surface area contributed by atoms with Gasteiger partial charge in [0.15, 0.2) is 0 Å². The zero-order valence-corrected chi connectivity index (χ0v) is 11.0. The highest BCUT2D eigenvalue weighted by molar-refractivity contribution is 7.09. The highest BCUT2D eigenvalue weighted by atomic mass is 32.1. The van der Waals surface area contributed by atoms with E-state index in [4.69, 9.17) is 5.73 Å². The molecular formula is C12H16N4S. The molecular weight excluding hydrogens is 232 g/mol. The van der Waals surface area contributed by atoms with Crippen molar-refractivity contribution in [2.75, 3.05) is 11.1 Å². The third kappa shape index (κ3) is 2.55. The van der Waals surface area contributed by atoms with Crippen LogP contribution in [0.5, 0.6) is 0 Å². The Bertz CT molecular complexity index is 505. The number of anilines is 2. The highest BCUT2D eigenvalue weighted by Crippen LogP contribution is 2.27. The second kappa shape index (κ2) is 4.33. The molecule has 0 spiro atoms. The van der Waals surface area contributed by atoms with Crippen molar-refractivity contribution in [1.82, 2.24) is 9.97 Å². The minimum atomic E-state index is -0.232. The second-order valence-corrected chi connectivity index (χ2v) is 5.41. The Hall–Kier alpha value is -1.62. The molecule has 5 heteroatoms. The fraction of sp³-hybridized carbons (Fsp3) is 0.333. The molecule has 0 aromatic carbocycles. The quantitative estimate of drug-likeness (QED) is 0.876. The molecule has 3 N–H and O–H groups in total. The van der Waals surface area contributed by atoms with Gasteiger partial charge in [-0.05, 0) is 32.4 Å². The molecule has 17 heavy (non-hydrogen) atoms. The second-order valence-electron chi connectivity index (χ2n) is 4.51. The van der Waals surface area contributed by atoms with Crippen LogP contribution in [0.4, 0.5) is 11.5 Å². The van der Waals surface area contributed by atoms with Gasteiger partial charge in [-0.25, -0.2) is 9.97 Å². The SMILES string of the molecule is Cc1cc(NC(C)(C)c2nccs2)ncc1N. The monoisotopic (exact) mass is 248 g/mol. The average Bonchev–Trinajstić information content (AvgIpc) is 2.77. The van der Waals surface area contributed by atoms with Crippen molar-refractivity contribution in [3.05, 3.63) is 34.4 Å². The van der Waals surface area contributed by atoms with Crippen molar-refractivity contribution in [1.29, 1.82) is 0 Å². The van der Waals surface area contributed by atoms with E-state index in [0.717, 1.165) is 16.4 Å². The lowest BCUT2D eigenvalue weighted by Gasteiger charge is -2.24. The van der Waals surface area contributed by atoms with E-state index >= 15 is 0 Å². The molecule has 0 aliphatic heterocycles. The van der Waals surface area contributed by atoms with Crippen LogP contribution in [0.2, 0.25) is 0 Å². The van der Waals surface area contributed by atoms with Crippen LogP contribution in [0.25, 0.3) is 0 Å². The maximum absolute atomic E-state index is 5.75. The average molecular weight is 248 g/mol. The summed E-state index contributed by atoms with van der Waals surface area (Å²) >= 11 is 1.63. The molecule has 90 valence electrons. The van der Waals surface area contributed by atoms with Crippen molar-refractivity contribution >= 4 is 22.8 Å². The summed E-state index contributed by atoms with van der Waals surface area (Å²) in [6.45, 7) is 6.14. The molecule has 2 heterocycles. The van der Waals surface area contributed by atoms with Crippen LogP contribution in [0.1, 0.15) is 24.4 Å². The zero-order chi connectivity index (χ0) is 12.5. The van der Waals surface area contributed by atoms with Crippen LogP contribution in [0.15, 0.2) is 23.8 Å². The van der Waals surface area contributed by atoms with Crippen LogP contribution < -0.4 is 11.1 Å². The lowest BCUT2D eigenvalue weighted by atomic mass is 10.1. The maximum Gasteiger partial charge on any atom is 0.127 e. The van der Waals surface area contributed by atoms with E-state index in [2.05, 4.69) is 29.1 Å². The van der Waals surface area contributed by atoms with Gasteiger partial charge < -0.3 is 11.1 Å². The molecule has 0 radical (unpaired) electrons. The zero-order valence-electron chi connectivity index (χ0n) is 10.2. The Morgan fingerprint density at radius 2 is 2.12 bits per heavy atom. The van der Waals surface area contributed by atoms with Gasteiger partial charge in [0.1, 0.15) is 10.8 Å². The Morgan fingerprint density at radius 3 is 2.71 bits per heavy atom. The van der Waals surface area contributed by atoms with Gasteiger partial charge in [-0.1, -0.05) is 0 Å². The summed E-state index contributed by atoms with van der Waals surface area (Å²) in [7, 11) is 0. The summed E-state index contributed by atoms with van der Waals surface area (Å²) in [6, 6.07) is 1.95. The molecule has 0 atom stereocenters. The maximum atomic E-state index is 5.75. The number of pyridine rings is 1. The first kappa shape index (κ1) is 11.9. The Labute approximate surface area is 105 Å². The van der Waals surface area contributed by atoms with Crippen LogP contribution in [0, 0.1) is 6.92 Å². The number of hydrogen-bond acceptors (Lipinski definition) is 5. The van der Waals surface area contributed by atoms with Crippen LogP contribution in [-0.2, 0) is 5.54 Å². The van der Waals surface area contributed by atoms with E-state index in [9.17, 15) is 0 Å². The Kier molecular flexibility index (Phi) is 3.02. The van der Waals surface area contributed by atoms with E-state index in [1.165, 1.54) is 0 Å². The van der Waals surface area contributed by atoms with Crippen LogP contribution in [-0.4, -0.2) is 9.97 Å². The van der Waals surface area contributed by atoms with Crippen molar-refractivity contribution in [3.63, 3.8) is 0 Å². The summed E-state index contributed by atoms with van der Waals surface area (Å²) in [5.74, 6) is 0.817. The number of rotatable bonds is 3. The summed E-state index contributed by atoms with van der Waals surface area (Å²) < 4.78 is 0. The Balaban J connectivity index is 2.23. The van der Waals surface area contributed by atoms with Gasteiger partial charge in [0, 0.05) is 11.6 Å². The van der Waals surface area contributed by atoms with Gasteiger partial charge in [0.05, 0.1) is 17.4 Å². The number of nitrogen functional groups attached to an aromatic ring is 1. The minimum Gasteiger partial charge on any atom is -0.397 e. The van der Waals surface area contributed by atoms with E-state index < -0.39 is 0 Å². The van der Waals surface area contributed by atoms with Gasteiger partial charge in [-0.2, -0.15) is 0 Å². The van der Waals surface area contributed by atoms with Gasteiger partial charge in [-0.15, -0.1) is 11.3 Å². The van der Waals surface area contributed by atoms with E-state index in [-0.39, 0.29) is 5.54 Å². The van der Waals surface area contributed by atoms with Crippen molar-refractivity contribution in [2.45, 2.75) is 26.3 Å². The molecule has 0 unspecified atom stereocenters. The lowest BCUT2D eigenvalue weighted by Crippen LogP contribution is -2.28. The summed E-state index contributed by atoms with van der Waals surface area (Å²) in [5, 5.41) is 6.38. The fourth-order valence-electron chi connectivity index (χ4n) is 1.54. The summed E-state index contributed by atoms with van der Waals surface area (Å²) in [6.07, 6.45) is 3.49. The van der Waals surface area contributed by atoms with Crippen molar-refractivity contribution in [3.8, 4) is 0 Å². The topological polar surface area (TPSA) is 63.8 Å². The minimum absolute atomic E-state index is 0.232. The number of hydrogen-bond donors (Lipinski definition) is 2. The van der Waals surface area contributed by atoms with E-state index in [1.54, 1.807) is 17.5 Å². The van der Waals surface area contributed by atoms with Crippen molar-refractivity contribution in [2.24, 2.45) is 0 Å².